The van der Waals surface area contributed by atoms with Gasteiger partial charge in [0.15, 0.2) is 11.2 Å². The number of esters is 1. The number of imidazole rings is 1. The van der Waals surface area contributed by atoms with Crippen molar-refractivity contribution < 1.29 is 19.0 Å². The summed E-state index contributed by atoms with van der Waals surface area (Å²) in [7, 11) is 3.12. The van der Waals surface area contributed by atoms with Crippen molar-refractivity contribution in [2.45, 2.75) is 20.0 Å². The molecule has 0 atom stereocenters. The van der Waals surface area contributed by atoms with Crippen LogP contribution in [0.4, 0.5) is 0 Å². The second-order valence-corrected chi connectivity index (χ2v) is 8.32. The lowest BCUT2D eigenvalue weighted by molar-refractivity contribution is 0.0526. The van der Waals surface area contributed by atoms with Gasteiger partial charge in [0.25, 0.3) is 11.5 Å². The zero-order chi connectivity index (χ0) is 26.6. The molecule has 0 aliphatic carbocycles. The quantitative estimate of drug-likeness (QED) is 0.272. The summed E-state index contributed by atoms with van der Waals surface area (Å²) in [5.74, 6) is 0.767. The lowest BCUT2D eigenvalue weighted by atomic mass is 10.2. The molecule has 0 aliphatic heterocycles. The van der Waals surface area contributed by atoms with Gasteiger partial charge in [0.2, 0.25) is 5.88 Å². The number of hydrogen-bond donors (Lipinski definition) is 0. The molecule has 5 aromatic rings. The number of pyridine rings is 1. The van der Waals surface area contributed by atoms with Crippen LogP contribution < -0.4 is 15.0 Å². The van der Waals surface area contributed by atoms with Crippen LogP contribution in [0, 0.1) is 0 Å². The minimum absolute atomic E-state index is 0.105. The Bertz CT molecular complexity index is 1650. The van der Waals surface area contributed by atoms with Gasteiger partial charge in [0.1, 0.15) is 5.75 Å². The summed E-state index contributed by atoms with van der Waals surface area (Å²) in [5, 5.41) is 4.17. The Kier molecular flexibility index (Phi) is 6.85. The Morgan fingerprint density at radius 2 is 1.68 bits per heavy atom. The molecule has 1 aromatic carbocycles. The molecular weight excluding hydrogens is 490 g/mol. The number of fused-ring (bicyclic) bond motifs is 1. The number of carbonyl (C=O) groups is 1. The highest BCUT2D eigenvalue weighted by Gasteiger charge is 2.18. The van der Waals surface area contributed by atoms with Crippen molar-refractivity contribution in [1.82, 2.24) is 33.9 Å². The largest absolute Gasteiger partial charge is 0.497 e. The molecule has 0 aliphatic rings. The Hall–Kier alpha value is -5.00. The third-order valence-corrected chi connectivity index (χ3v) is 5.83. The van der Waals surface area contributed by atoms with Crippen LogP contribution in [-0.2, 0) is 17.8 Å². The summed E-state index contributed by atoms with van der Waals surface area (Å²) < 4.78 is 20.6. The molecule has 0 spiro atoms. The van der Waals surface area contributed by atoms with Gasteiger partial charge < -0.3 is 23.3 Å². The zero-order valence-electron chi connectivity index (χ0n) is 21.1. The van der Waals surface area contributed by atoms with Crippen molar-refractivity contribution in [2.24, 2.45) is 0 Å². The third kappa shape index (κ3) is 4.96. The van der Waals surface area contributed by atoms with E-state index in [1.807, 2.05) is 35.0 Å². The summed E-state index contributed by atoms with van der Waals surface area (Å²) in [5.41, 5.74) is 3.02. The Labute approximate surface area is 217 Å². The molecule has 194 valence electrons. The number of aromatic nitrogens is 7. The van der Waals surface area contributed by atoms with Gasteiger partial charge in [0, 0.05) is 18.5 Å². The van der Waals surface area contributed by atoms with Gasteiger partial charge in [-0.05, 0) is 30.2 Å². The van der Waals surface area contributed by atoms with Gasteiger partial charge in [-0.1, -0.05) is 18.2 Å². The Morgan fingerprint density at radius 3 is 2.42 bits per heavy atom. The molecule has 0 amide bonds. The smallest absolute Gasteiger partial charge is 0.341 e. The molecule has 0 saturated heterocycles. The topological polar surface area (TPSA) is 128 Å². The molecule has 38 heavy (non-hydrogen) atoms. The van der Waals surface area contributed by atoms with Crippen molar-refractivity contribution in [1.29, 1.82) is 0 Å². The highest BCUT2D eigenvalue weighted by Crippen LogP contribution is 2.24. The number of rotatable bonds is 9. The van der Waals surface area contributed by atoms with E-state index in [4.69, 9.17) is 14.2 Å². The summed E-state index contributed by atoms with van der Waals surface area (Å²) in [6, 6.07) is 10.9. The predicted molar refractivity (Wildman–Crippen MR) is 137 cm³/mol. The first-order valence-corrected chi connectivity index (χ1v) is 11.8. The molecular formula is C26H25N7O5. The molecule has 0 fully saturated rings. The van der Waals surface area contributed by atoms with Gasteiger partial charge in [-0.2, -0.15) is 15.1 Å². The molecule has 0 bridgehead atoms. The fourth-order valence-electron chi connectivity index (χ4n) is 3.97. The van der Waals surface area contributed by atoms with E-state index in [9.17, 15) is 9.59 Å². The number of hydrogen-bond acceptors (Lipinski definition) is 9. The third-order valence-electron chi connectivity index (χ3n) is 5.83. The first kappa shape index (κ1) is 24.7. The van der Waals surface area contributed by atoms with Crippen LogP contribution >= 0.6 is 0 Å². The Balaban J connectivity index is 1.43. The standard InChI is InChI=1S/C26H25N7O5/c1-4-38-25(35)19-11-28-33(15-19)26-29-23-22(24(30-26)37-3)32(16-27-23)14-18-7-10-21(34)31(13-18)12-17-5-8-20(36-2)9-6-17/h5-11,13,15-16H,4,12,14H2,1-3H3. The van der Waals surface area contributed by atoms with E-state index in [1.165, 1.54) is 24.2 Å². The zero-order valence-corrected chi connectivity index (χ0v) is 21.1. The first-order chi connectivity index (χ1) is 18.5. The molecule has 12 nitrogen and oxygen atoms in total. The fraction of sp³-hybridized carbons (Fsp3) is 0.231. The SMILES string of the molecule is CCOC(=O)c1cnn(-c2nc(OC)c3c(ncn3Cc3ccc(=O)n(Cc4ccc(OC)cc4)c3)n2)c1. The number of methoxy groups -OCH3 is 2. The lowest BCUT2D eigenvalue weighted by Gasteiger charge is -2.11. The van der Waals surface area contributed by atoms with Crippen LogP contribution in [0.2, 0.25) is 0 Å². The van der Waals surface area contributed by atoms with Gasteiger partial charge in [-0.15, -0.1) is 0 Å². The summed E-state index contributed by atoms with van der Waals surface area (Å²) in [6.45, 7) is 2.83. The van der Waals surface area contributed by atoms with Crippen molar-refractivity contribution in [3.63, 3.8) is 0 Å². The van der Waals surface area contributed by atoms with Crippen LogP contribution in [0.3, 0.4) is 0 Å². The van der Waals surface area contributed by atoms with Gasteiger partial charge in [-0.3, -0.25) is 4.79 Å². The maximum atomic E-state index is 12.5. The van der Waals surface area contributed by atoms with Gasteiger partial charge >= 0.3 is 5.97 Å². The Morgan fingerprint density at radius 1 is 0.921 bits per heavy atom. The monoisotopic (exact) mass is 515 g/mol. The van der Waals surface area contributed by atoms with Gasteiger partial charge in [-0.25, -0.2) is 14.5 Å². The second kappa shape index (κ2) is 10.5. The molecule has 12 heteroatoms. The van der Waals surface area contributed by atoms with E-state index in [0.29, 0.717) is 30.1 Å². The number of benzene rings is 1. The molecule has 0 unspecified atom stereocenters. The van der Waals surface area contributed by atoms with E-state index in [1.54, 1.807) is 37.1 Å². The molecule has 4 heterocycles. The molecule has 5 rings (SSSR count). The minimum atomic E-state index is -0.482. The van der Waals surface area contributed by atoms with E-state index >= 15 is 0 Å². The summed E-state index contributed by atoms with van der Waals surface area (Å²) in [6.07, 6.45) is 6.33. The molecule has 0 saturated carbocycles. The minimum Gasteiger partial charge on any atom is -0.497 e. The maximum absolute atomic E-state index is 12.5. The number of nitrogens with zero attached hydrogens (tertiary/aromatic N) is 7. The van der Waals surface area contributed by atoms with Crippen LogP contribution in [0.25, 0.3) is 17.1 Å². The van der Waals surface area contributed by atoms with E-state index in [0.717, 1.165) is 16.9 Å². The predicted octanol–water partition coefficient (Wildman–Crippen LogP) is 2.46. The fourth-order valence-corrected chi connectivity index (χ4v) is 3.97. The van der Waals surface area contributed by atoms with Crippen molar-refractivity contribution in [3.05, 3.63) is 88.4 Å². The highest BCUT2D eigenvalue weighted by molar-refractivity contribution is 5.88. The average molecular weight is 516 g/mol. The van der Waals surface area contributed by atoms with E-state index in [2.05, 4.69) is 20.1 Å². The maximum Gasteiger partial charge on any atom is 0.341 e. The highest BCUT2D eigenvalue weighted by atomic mass is 16.5. The van der Waals surface area contributed by atoms with E-state index < -0.39 is 5.97 Å². The normalized spacial score (nSPS) is 11.0. The van der Waals surface area contributed by atoms with Crippen molar-refractivity contribution in [3.8, 4) is 17.6 Å². The summed E-state index contributed by atoms with van der Waals surface area (Å²) in [4.78, 5) is 37.9. The summed E-state index contributed by atoms with van der Waals surface area (Å²) >= 11 is 0. The second-order valence-electron chi connectivity index (χ2n) is 8.32. The lowest BCUT2D eigenvalue weighted by Crippen LogP contribution is -2.20. The average Bonchev–Trinajstić information content (AvgIpc) is 3.59. The number of ether oxygens (including phenoxy) is 3. The van der Waals surface area contributed by atoms with Crippen molar-refractivity contribution >= 4 is 17.1 Å². The molecule has 0 radical (unpaired) electrons. The number of carbonyl (C=O) groups excluding carboxylic acids is 1. The first-order valence-electron chi connectivity index (χ1n) is 11.8. The van der Waals surface area contributed by atoms with Crippen molar-refractivity contribution in [2.75, 3.05) is 20.8 Å². The molecule has 4 aromatic heterocycles. The van der Waals surface area contributed by atoms with Crippen LogP contribution in [0.5, 0.6) is 11.6 Å². The van der Waals surface area contributed by atoms with E-state index in [-0.39, 0.29) is 23.7 Å². The van der Waals surface area contributed by atoms with Crippen LogP contribution in [0.1, 0.15) is 28.4 Å². The van der Waals surface area contributed by atoms with Gasteiger partial charge in [0.05, 0.1) is 52.0 Å². The molecule has 0 N–H and O–H groups in total. The van der Waals surface area contributed by atoms with Crippen LogP contribution in [0.15, 0.2) is 66.1 Å². The van der Waals surface area contributed by atoms with Crippen LogP contribution in [-0.4, -0.2) is 60.7 Å².